The van der Waals surface area contributed by atoms with Crippen LogP contribution in [0.15, 0.2) is 30.3 Å². The van der Waals surface area contributed by atoms with Crippen molar-refractivity contribution in [2.24, 2.45) is 0 Å². The molecule has 6 nitrogen and oxygen atoms in total. The molecule has 1 N–H and O–H groups in total. The first-order chi connectivity index (χ1) is 9.56. The molecule has 7 heteroatoms. The second-order valence-corrected chi connectivity index (χ2v) is 4.25. The summed E-state index contributed by atoms with van der Waals surface area (Å²) in [6, 6.07) is 7.52. The number of nitrogens with zero attached hydrogens (tertiary/aromatic N) is 4. The first-order valence-corrected chi connectivity index (χ1v) is 5.78. The number of aromatic nitrogens is 4. The third-order valence-corrected chi connectivity index (χ3v) is 2.95. The van der Waals surface area contributed by atoms with Crippen LogP contribution in [0.5, 0.6) is 0 Å². The number of halogens is 1. The Morgan fingerprint density at radius 1 is 1.25 bits per heavy atom. The number of aryl methyl sites for hydroxylation is 1. The molecule has 0 radical (unpaired) electrons. The molecule has 0 saturated heterocycles. The van der Waals surface area contributed by atoms with Crippen molar-refractivity contribution < 1.29 is 14.3 Å². The molecule has 1 aromatic carbocycles. The van der Waals surface area contributed by atoms with Crippen molar-refractivity contribution in [3.8, 4) is 11.3 Å². The van der Waals surface area contributed by atoms with Crippen LogP contribution in [0, 0.1) is 12.7 Å². The molecule has 2 aromatic heterocycles. The Morgan fingerprint density at radius 2 is 1.95 bits per heavy atom. The van der Waals surface area contributed by atoms with Gasteiger partial charge in [-0.15, -0.1) is 10.2 Å². The Kier molecular flexibility index (Phi) is 2.67. The fourth-order valence-electron chi connectivity index (χ4n) is 1.92. The summed E-state index contributed by atoms with van der Waals surface area (Å²) in [5.74, 6) is -1.49. The number of carbonyl (C=O) groups is 1. The Hall–Kier alpha value is -2.83. The smallest absolute Gasteiger partial charge is 0.358 e. The number of rotatable bonds is 2. The molecular formula is C13H9FN4O2. The van der Waals surface area contributed by atoms with Crippen LogP contribution in [-0.4, -0.2) is 30.9 Å². The molecule has 2 heterocycles. The molecule has 0 aliphatic rings. The lowest BCUT2D eigenvalue weighted by molar-refractivity contribution is 0.0687. The summed E-state index contributed by atoms with van der Waals surface area (Å²) in [5, 5.41) is 20.8. The van der Waals surface area contributed by atoms with Crippen LogP contribution >= 0.6 is 0 Å². The van der Waals surface area contributed by atoms with Gasteiger partial charge in [0, 0.05) is 11.6 Å². The van der Waals surface area contributed by atoms with E-state index in [1.54, 1.807) is 25.1 Å². The SMILES string of the molecule is Cc1c(C(=O)O)nnc2cc(-c3ccc(F)cc3)nn12. The highest BCUT2D eigenvalue weighted by Gasteiger charge is 2.15. The molecular weight excluding hydrogens is 263 g/mol. The van der Waals surface area contributed by atoms with Crippen molar-refractivity contribution in [1.29, 1.82) is 0 Å². The van der Waals surface area contributed by atoms with Crippen LogP contribution < -0.4 is 0 Å². The van der Waals surface area contributed by atoms with E-state index >= 15 is 0 Å². The molecule has 3 rings (SSSR count). The maximum atomic E-state index is 12.9. The van der Waals surface area contributed by atoms with Gasteiger partial charge in [-0.3, -0.25) is 0 Å². The number of benzene rings is 1. The molecule has 100 valence electrons. The predicted octanol–water partition coefficient (Wildman–Crippen LogP) is 1.94. The van der Waals surface area contributed by atoms with Gasteiger partial charge >= 0.3 is 5.97 Å². The molecule has 0 atom stereocenters. The van der Waals surface area contributed by atoms with Gasteiger partial charge in [0.1, 0.15) is 5.82 Å². The van der Waals surface area contributed by atoms with Crippen molar-refractivity contribution >= 4 is 11.6 Å². The third kappa shape index (κ3) is 1.89. The van der Waals surface area contributed by atoms with E-state index in [-0.39, 0.29) is 11.5 Å². The summed E-state index contributed by atoms with van der Waals surface area (Å²) in [7, 11) is 0. The van der Waals surface area contributed by atoms with Gasteiger partial charge in [-0.1, -0.05) is 0 Å². The van der Waals surface area contributed by atoms with Gasteiger partial charge in [0.15, 0.2) is 11.3 Å². The molecule has 0 bridgehead atoms. The van der Waals surface area contributed by atoms with E-state index in [1.807, 2.05) is 0 Å². The fourth-order valence-corrected chi connectivity index (χ4v) is 1.92. The van der Waals surface area contributed by atoms with Crippen LogP contribution in [0.1, 0.15) is 16.2 Å². The van der Waals surface area contributed by atoms with Crippen molar-refractivity contribution in [1.82, 2.24) is 19.8 Å². The van der Waals surface area contributed by atoms with Crippen molar-refractivity contribution in [2.45, 2.75) is 6.92 Å². The lowest BCUT2D eigenvalue weighted by Gasteiger charge is -2.00. The van der Waals surface area contributed by atoms with E-state index in [1.165, 1.54) is 16.6 Å². The van der Waals surface area contributed by atoms with Gasteiger partial charge in [0.05, 0.1) is 11.4 Å². The summed E-state index contributed by atoms with van der Waals surface area (Å²) >= 11 is 0. The van der Waals surface area contributed by atoms with E-state index in [0.717, 1.165) is 0 Å². The molecule has 3 aromatic rings. The fraction of sp³-hybridized carbons (Fsp3) is 0.0769. The summed E-state index contributed by atoms with van der Waals surface area (Å²) in [6.45, 7) is 1.60. The topological polar surface area (TPSA) is 80.4 Å². The molecule has 0 aliphatic carbocycles. The molecule has 0 unspecified atom stereocenters. The first-order valence-electron chi connectivity index (χ1n) is 5.78. The van der Waals surface area contributed by atoms with Crippen molar-refractivity contribution in [3.63, 3.8) is 0 Å². The minimum absolute atomic E-state index is 0.147. The van der Waals surface area contributed by atoms with Crippen LogP contribution in [0.25, 0.3) is 16.9 Å². The molecule has 0 fully saturated rings. The summed E-state index contributed by atoms with van der Waals surface area (Å²) in [6.07, 6.45) is 0. The average Bonchev–Trinajstić information content (AvgIpc) is 2.84. The molecule has 0 saturated carbocycles. The number of hydrogen-bond donors (Lipinski definition) is 1. The number of fused-ring (bicyclic) bond motifs is 1. The van der Waals surface area contributed by atoms with Gasteiger partial charge in [-0.2, -0.15) is 5.10 Å². The van der Waals surface area contributed by atoms with Crippen molar-refractivity contribution in [2.75, 3.05) is 0 Å². The Bertz CT molecular complexity index is 811. The van der Waals surface area contributed by atoms with E-state index in [9.17, 15) is 9.18 Å². The minimum atomic E-state index is -1.16. The maximum absolute atomic E-state index is 12.9. The maximum Gasteiger partial charge on any atom is 0.358 e. The van der Waals surface area contributed by atoms with Gasteiger partial charge in [0.25, 0.3) is 0 Å². The Labute approximate surface area is 112 Å². The zero-order valence-corrected chi connectivity index (χ0v) is 10.4. The summed E-state index contributed by atoms with van der Waals surface area (Å²) < 4.78 is 14.3. The van der Waals surface area contributed by atoms with Gasteiger partial charge in [0.2, 0.25) is 0 Å². The average molecular weight is 272 g/mol. The number of carboxylic acid groups (broad SMARTS) is 1. The van der Waals surface area contributed by atoms with Crippen LogP contribution in [0.2, 0.25) is 0 Å². The Balaban J connectivity index is 2.18. The molecule has 0 aliphatic heterocycles. The van der Waals surface area contributed by atoms with E-state index in [2.05, 4.69) is 15.3 Å². The highest BCUT2D eigenvalue weighted by atomic mass is 19.1. The Morgan fingerprint density at radius 3 is 2.60 bits per heavy atom. The summed E-state index contributed by atoms with van der Waals surface area (Å²) in [4.78, 5) is 11.0. The lowest BCUT2D eigenvalue weighted by Crippen LogP contribution is -2.10. The summed E-state index contributed by atoms with van der Waals surface area (Å²) in [5.41, 5.74) is 1.96. The largest absolute Gasteiger partial charge is 0.476 e. The molecule has 0 amide bonds. The van der Waals surface area contributed by atoms with Gasteiger partial charge in [-0.25, -0.2) is 13.7 Å². The van der Waals surface area contributed by atoms with E-state index in [4.69, 9.17) is 5.11 Å². The van der Waals surface area contributed by atoms with Gasteiger partial charge in [-0.05, 0) is 31.2 Å². The molecule has 20 heavy (non-hydrogen) atoms. The highest BCUT2D eigenvalue weighted by Crippen LogP contribution is 2.20. The van der Waals surface area contributed by atoms with Gasteiger partial charge < -0.3 is 5.11 Å². The molecule has 0 spiro atoms. The number of aromatic carboxylic acids is 1. The normalized spacial score (nSPS) is 10.9. The standard InChI is InChI=1S/C13H9FN4O2/c1-7-12(13(19)20)16-15-11-6-10(17-18(7)11)8-2-4-9(14)5-3-8/h2-6H,1H3,(H,19,20). The van der Waals surface area contributed by atoms with E-state index < -0.39 is 5.97 Å². The third-order valence-electron chi connectivity index (χ3n) is 2.95. The number of carboxylic acids is 1. The van der Waals surface area contributed by atoms with Crippen LogP contribution in [-0.2, 0) is 0 Å². The monoisotopic (exact) mass is 272 g/mol. The second-order valence-electron chi connectivity index (χ2n) is 4.25. The van der Waals surface area contributed by atoms with Crippen LogP contribution in [0.4, 0.5) is 4.39 Å². The van der Waals surface area contributed by atoms with E-state index in [0.29, 0.717) is 22.6 Å². The zero-order valence-electron chi connectivity index (χ0n) is 10.4. The first kappa shape index (κ1) is 12.2. The minimum Gasteiger partial charge on any atom is -0.476 e. The van der Waals surface area contributed by atoms with Crippen molar-refractivity contribution in [3.05, 3.63) is 47.5 Å². The zero-order chi connectivity index (χ0) is 14.3. The highest BCUT2D eigenvalue weighted by molar-refractivity contribution is 5.86. The van der Waals surface area contributed by atoms with Crippen LogP contribution in [0.3, 0.4) is 0 Å². The number of hydrogen-bond acceptors (Lipinski definition) is 4. The predicted molar refractivity (Wildman–Crippen MR) is 67.9 cm³/mol. The lowest BCUT2D eigenvalue weighted by atomic mass is 10.1. The second kappa shape index (κ2) is 4.37. The quantitative estimate of drug-likeness (QED) is 0.771.